The number of hydrogen-bond acceptors (Lipinski definition) is 3. The number of hydrogen-bond donors (Lipinski definition) is 1. The van der Waals surface area contributed by atoms with E-state index in [2.05, 4.69) is 5.32 Å². The Balaban J connectivity index is 2.24. The van der Waals surface area contributed by atoms with E-state index in [0.29, 0.717) is 5.56 Å². The van der Waals surface area contributed by atoms with Gasteiger partial charge in [-0.25, -0.2) is 9.18 Å². The van der Waals surface area contributed by atoms with Crippen molar-refractivity contribution >= 4 is 11.9 Å². The zero-order valence-corrected chi connectivity index (χ0v) is 8.74. The molecule has 0 unspecified atom stereocenters. The number of amides is 3. The van der Waals surface area contributed by atoms with E-state index in [-0.39, 0.29) is 24.6 Å². The van der Waals surface area contributed by atoms with Gasteiger partial charge in [-0.1, -0.05) is 0 Å². The molecule has 1 fully saturated rings. The molecule has 0 aromatic heterocycles. The highest BCUT2D eigenvalue weighted by molar-refractivity contribution is 6.01. The molecule has 1 aliphatic rings. The van der Waals surface area contributed by atoms with Gasteiger partial charge in [0.05, 0.1) is 24.7 Å². The fourth-order valence-corrected chi connectivity index (χ4v) is 1.60. The number of imide groups is 1. The monoisotopic (exact) mass is 233 g/mol. The van der Waals surface area contributed by atoms with Crippen LogP contribution in [-0.4, -0.2) is 23.4 Å². The molecule has 1 aromatic rings. The second kappa shape index (κ2) is 4.22. The van der Waals surface area contributed by atoms with Crippen molar-refractivity contribution < 1.29 is 14.0 Å². The van der Waals surface area contributed by atoms with Gasteiger partial charge >= 0.3 is 6.03 Å². The van der Waals surface area contributed by atoms with Crippen molar-refractivity contribution in [3.63, 3.8) is 0 Å². The molecule has 1 aromatic carbocycles. The molecule has 1 N–H and O–H groups in total. The van der Waals surface area contributed by atoms with Crippen LogP contribution >= 0.6 is 0 Å². The van der Waals surface area contributed by atoms with Gasteiger partial charge in [0.15, 0.2) is 0 Å². The fraction of sp³-hybridized carbons (Fsp3) is 0.182. The third-order valence-corrected chi connectivity index (χ3v) is 2.36. The second-order valence-electron chi connectivity index (χ2n) is 3.60. The lowest BCUT2D eigenvalue weighted by molar-refractivity contribution is -0.125. The van der Waals surface area contributed by atoms with Gasteiger partial charge in [0.2, 0.25) is 5.91 Å². The summed E-state index contributed by atoms with van der Waals surface area (Å²) in [7, 11) is 0. The first-order chi connectivity index (χ1) is 8.10. The molecule has 0 aliphatic carbocycles. The Morgan fingerprint density at radius 2 is 2.18 bits per heavy atom. The third kappa shape index (κ3) is 2.23. The Hall–Kier alpha value is -2.42. The van der Waals surface area contributed by atoms with Crippen LogP contribution < -0.4 is 5.32 Å². The van der Waals surface area contributed by atoms with E-state index < -0.39 is 11.8 Å². The Morgan fingerprint density at radius 1 is 1.41 bits per heavy atom. The van der Waals surface area contributed by atoms with Crippen LogP contribution in [0.25, 0.3) is 0 Å². The first kappa shape index (κ1) is 11.1. The van der Waals surface area contributed by atoms with Crippen LogP contribution in [0, 0.1) is 17.1 Å². The fourth-order valence-electron chi connectivity index (χ4n) is 1.60. The van der Waals surface area contributed by atoms with Crippen molar-refractivity contribution in [2.75, 3.05) is 6.54 Å². The van der Waals surface area contributed by atoms with Crippen molar-refractivity contribution in [2.24, 2.45) is 0 Å². The summed E-state index contributed by atoms with van der Waals surface area (Å²) in [6, 6.07) is 5.04. The lowest BCUT2D eigenvalue weighted by atomic mass is 10.1. The maximum Gasteiger partial charge on any atom is 0.324 e. The summed E-state index contributed by atoms with van der Waals surface area (Å²) in [6.07, 6.45) is 0. The maximum absolute atomic E-state index is 13.1. The van der Waals surface area contributed by atoms with Gasteiger partial charge in [-0.05, 0) is 23.8 Å². The van der Waals surface area contributed by atoms with Crippen molar-refractivity contribution in [2.45, 2.75) is 6.54 Å². The van der Waals surface area contributed by atoms with E-state index in [0.717, 1.165) is 11.0 Å². The van der Waals surface area contributed by atoms with E-state index >= 15 is 0 Å². The summed E-state index contributed by atoms with van der Waals surface area (Å²) in [5.41, 5.74) is 0.569. The van der Waals surface area contributed by atoms with E-state index in [1.165, 1.54) is 12.1 Å². The van der Waals surface area contributed by atoms with Crippen LogP contribution in [0.1, 0.15) is 11.1 Å². The summed E-state index contributed by atoms with van der Waals surface area (Å²) in [4.78, 5) is 23.6. The van der Waals surface area contributed by atoms with E-state index in [1.807, 2.05) is 6.07 Å². The van der Waals surface area contributed by atoms with Gasteiger partial charge in [0.1, 0.15) is 5.82 Å². The summed E-state index contributed by atoms with van der Waals surface area (Å²) in [5, 5.41) is 11.0. The number of nitriles is 1. The topological polar surface area (TPSA) is 73.2 Å². The molecule has 1 saturated heterocycles. The zero-order chi connectivity index (χ0) is 12.4. The lowest BCUT2D eigenvalue weighted by Gasteiger charge is -2.12. The molecule has 86 valence electrons. The number of urea groups is 1. The molecule has 2 rings (SSSR count). The Morgan fingerprint density at radius 3 is 2.76 bits per heavy atom. The molecule has 0 spiro atoms. The average Bonchev–Trinajstić information content (AvgIpc) is 2.60. The second-order valence-corrected chi connectivity index (χ2v) is 3.60. The van der Waals surface area contributed by atoms with Gasteiger partial charge < -0.3 is 5.32 Å². The molecule has 1 heterocycles. The van der Waals surface area contributed by atoms with Gasteiger partial charge in [0.25, 0.3) is 0 Å². The highest BCUT2D eigenvalue weighted by Crippen LogP contribution is 2.12. The minimum Gasteiger partial charge on any atom is -0.329 e. The highest BCUT2D eigenvalue weighted by Gasteiger charge is 2.28. The maximum atomic E-state index is 13.1. The first-order valence-electron chi connectivity index (χ1n) is 4.88. The summed E-state index contributed by atoms with van der Waals surface area (Å²) in [6.45, 7) is -0.0731. The van der Waals surface area contributed by atoms with Crippen molar-refractivity contribution in [1.82, 2.24) is 10.2 Å². The average molecular weight is 233 g/mol. The molecule has 17 heavy (non-hydrogen) atoms. The van der Waals surface area contributed by atoms with Crippen molar-refractivity contribution in [1.29, 1.82) is 5.26 Å². The van der Waals surface area contributed by atoms with Gasteiger partial charge in [0, 0.05) is 0 Å². The number of nitrogens with one attached hydrogen (secondary N) is 1. The quantitative estimate of drug-likeness (QED) is 0.766. The van der Waals surface area contributed by atoms with E-state index in [9.17, 15) is 14.0 Å². The van der Waals surface area contributed by atoms with Crippen LogP contribution in [-0.2, 0) is 11.3 Å². The van der Waals surface area contributed by atoms with E-state index in [4.69, 9.17) is 5.26 Å². The van der Waals surface area contributed by atoms with Crippen LogP contribution in [0.15, 0.2) is 18.2 Å². The third-order valence-electron chi connectivity index (χ3n) is 2.36. The summed E-state index contributed by atoms with van der Waals surface area (Å²) >= 11 is 0. The SMILES string of the molecule is N#Cc1cc(F)cc(CN2C(=O)CNC2=O)c1. The van der Waals surface area contributed by atoms with Gasteiger partial charge in [-0.3, -0.25) is 9.69 Å². The number of benzene rings is 1. The minimum absolute atomic E-state index is 0.0306. The standard InChI is InChI=1S/C11H8FN3O2/c12-9-2-7(4-13)1-8(3-9)6-15-10(16)5-14-11(15)17/h1-3H,5-6H2,(H,14,17). The summed E-state index contributed by atoms with van der Waals surface area (Å²) < 4.78 is 13.1. The predicted octanol–water partition coefficient (Wildman–Crippen LogP) is 0.749. The Labute approximate surface area is 96.4 Å². The molecule has 6 heteroatoms. The number of nitrogens with zero attached hydrogens (tertiary/aromatic N) is 2. The molecule has 0 radical (unpaired) electrons. The van der Waals surface area contributed by atoms with Gasteiger partial charge in [-0.2, -0.15) is 5.26 Å². The number of carbonyl (C=O) groups is 2. The molecule has 3 amide bonds. The predicted molar refractivity (Wildman–Crippen MR) is 55.1 cm³/mol. The van der Waals surface area contributed by atoms with Crippen LogP contribution in [0.4, 0.5) is 9.18 Å². The first-order valence-corrected chi connectivity index (χ1v) is 4.88. The molecular formula is C11H8FN3O2. The van der Waals surface area contributed by atoms with Crippen molar-refractivity contribution in [3.05, 3.63) is 35.1 Å². The molecule has 0 atom stereocenters. The minimum atomic E-state index is -0.564. The van der Waals surface area contributed by atoms with Crippen LogP contribution in [0.3, 0.4) is 0 Å². The number of rotatable bonds is 2. The Bertz CT molecular complexity index is 520. The molecule has 0 saturated carbocycles. The highest BCUT2D eigenvalue weighted by atomic mass is 19.1. The normalized spacial score (nSPS) is 14.7. The largest absolute Gasteiger partial charge is 0.329 e. The molecular weight excluding hydrogens is 225 g/mol. The molecule has 5 nitrogen and oxygen atoms in total. The van der Waals surface area contributed by atoms with E-state index in [1.54, 1.807) is 0 Å². The van der Waals surface area contributed by atoms with Crippen molar-refractivity contribution in [3.8, 4) is 6.07 Å². The lowest BCUT2D eigenvalue weighted by Crippen LogP contribution is -2.30. The molecule has 1 aliphatic heterocycles. The number of carbonyl (C=O) groups excluding carboxylic acids is 2. The zero-order valence-electron chi connectivity index (χ0n) is 8.74. The number of halogens is 1. The Kier molecular flexibility index (Phi) is 2.75. The van der Waals surface area contributed by atoms with Gasteiger partial charge in [-0.15, -0.1) is 0 Å². The summed E-state index contributed by atoms with van der Waals surface area (Å²) in [5.74, 6) is -0.927. The molecule has 0 bridgehead atoms. The smallest absolute Gasteiger partial charge is 0.324 e. The van der Waals surface area contributed by atoms with Crippen LogP contribution in [0.5, 0.6) is 0 Å². The van der Waals surface area contributed by atoms with Crippen LogP contribution in [0.2, 0.25) is 0 Å².